The van der Waals surface area contributed by atoms with Gasteiger partial charge in [0.15, 0.2) is 0 Å². The van der Waals surface area contributed by atoms with Crippen LogP contribution in [0.5, 0.6) is 0 Å². The van der Waals surface area contributed by atoms with Crippen molar-refractivity contribution < 1.29 is 13.2 Å². The monoisotopic (exact) mass is 967 g/mol. The van der Waals surface area contributed by atoms with Gasteiger partial charge in [-0.2, -0.15) is 0 Å². The molecule has 362 valence electrons. The quantitative estimate of drug-likeness (QED) is 0.150. The van der Waals surface area contributed by atoms with Crippen LogP contribution in [-0.2, 0) is 10.8 Å². The zero-order chi connectivity index (χ0) is 51.4. The highest BCUT2D eigenvalue weighted by molar-refractivity contribution is 6.24. The standard InChI is InChI=1S/C70H56F3N/c1-41-33-37-43(38-34-41)74(44-39-35-42(2)36-40-44)68-55-31-19-13-25-49(55)59(50-26-14-20-32-56(50)68)62-66(72)60(57-45-21-9-15-27-51(45)63(69(3,4)5)52-28-16-10-22-46(52)57)65(71)61(67(62)73)58-47-23-11-17-29-53(47)64(70(6,7)8)54-30-18-12-24-48(54)58/h9-40H,1-8H3. The van der Waals surface area contributed by atoms with Crippen molar-refractivity contribution in [3.63, 3.8) is 0 Å². The van der Waals surface area contributed by atoms with Crippen molar-refractivity contribution in [2.45, 2.75) is 66.2 Å². The Kier molecular flexibility index (Phi) is 11.1. The molecule has 0 spiro atoms. The molecule has 12 rings (SSSR count). The van der Waals surface area contributed by atoms with Crippen molar-refractivity contribution in [3.8, 4) is 33.4 Å². The molecule has 0 fully saturated rings. The Morgan fingerprint density at radius 1 is 0.270 bits per heavy atom. The molecule has 0 aliphatic carbocycles. The molecule has 0 saturated carbocycles. The van der Waals surface area contributed by atoms with Crippen molar-refractivity contribution in [2.75, 3.05) is 4.90 Å². The highest BCUT2D eigenvalue weighted by Crippen LogP contribution is 2.55. The molecule has 0 atom stereocenters. The maximum atomic E-state index is 19.5. The SMILES string of the molecule is Cc1ccc(N(c2ccc(C)cc2)c2c3ccccc3c(-c3c(F)c(-c4c5ccccc5c(C(C)(C)C)c5ccccc45)c(F)c(-c4c5ccccc5c(C(C)(C)C)c5ccccc45)c3F)c3ccccc23)cc1. The summed E-state index contributed by atoms with van der Waals surface area (Å²) in [7, 11) is 0. The van der Waals surface area contributed by atoms with Gasteiger partial charge in [0.1, 0.15) is 17.5 Å². The topological polar surface area (TPSA) is 3.24 Å². The van der Waals surface area contributed by atoms with E-state index in [1.165, 1.54) is 0 Å². The Morgan fingerprint density at radius 3 is 0.730 bits per heavy atom. The van der Waals surface area contributed by atoms with E-state index in [-0.39, 0.29) is 27.5 Å². The van der Waals surface area contributed by atoms with Crippen LogP contribution in [0, 0.1) is 31.3 Å². The maximum absolute atomic E-state index is 19.5. The minimum Gasteiger partial charge on any atom is -0.309 e. The molecule has 12 aromatic rings. The Balaban J connectivity index is 1.31. The van der Waals surface area contributed by atoms with Gasteiger partial charge in [-0.05, 0) is 114 Å². The van der Waals surface area contributed by atoms with E-state index < -0.39 is 17.5 Å². The van der Waals surface area contributed by atoms with E-state index in [1.54, 1.807) is 0 Å². The number of hydrogen-bond donors (Lipinski definition) is 0. The molecule has 0 aromatic heterocycles. The van der Waals surface area contributed by atoms with Gasteiger partial charge in [0.25, 0.3) is 0 Å². The minimum atomic E-state index is -0.959. The number of aryl methyl sites for hydroxylation is 2. The van der Waals surface area contributed by atoms with Crippen LogP contribution in [0.15, 0.2) is 194 Å². The first-order valence-corrected chi connectivity index (χ1v) is 25.6. The molecule has 0 saturated heterocycles. The second kappa shape index (κ2) is 17.5. The Hall–Kier alpha value is -8.21. The molecule has 0 aliphatic rings. The van der Waals surface area contributed by atoms with Crippen molar-refractivity contribution in [2.24, 2.45) is 0 Å². The molecule has 0 amide bonds. The Morgan fingerprint density at radius 2 is 0.486 bits per heavy atom. The second-order valence-corrected chi connectivity index (χ2v) is 22.1. The molecule has 0 aliphatic heterocycles. The van der Waals surface area contributed by atoms with E-state index in [2.05, 4.69) is 109 Å². The van der Waals surface area contributed by atoms with E-state index in [0.717, 1.165) is 71.6 Å². The van der Waals surface area contributed by atoms with Gasteiger partial charge in [-0.25, -0.2) is 13.2 Å². The fourth-order valence-electron chi connectivity index (χ4n) is 12.1. The highest BCUT2D eigenvalue weighted by atomic mass is 19.1. The van der Waals surface area contributed by atoms with Gasteiger partial charge in [-0.3, -0.25) is 0 Å². The van der Waals surface area contributed by atoms with Gasteiger partial charge in [0.2, 0.25) is 0 Å². The van der Waals surface area contributed by atoms with E-state index in [4.69, 9.17) is 0 Å². The molecule has 0 bridgehead atoms. The average Bonchev–Trinajstić information content (AvgIpc) is 3.39. The summed E-state index contributed by atoms with van der Waals surface area (Å²) in [6.45, 7) is 17.2. The lowest BCUT2D eigenvalue weighted by molar-refractivity contribution is 0.558. The van der Waals surface area contributed by atoms with Crippen LogP contribution in [0.4, 0.5) is 30.2 Å². The predicted octanol–water partition coefficient (Wildman–Crippen LogP) is 20.7. The summed E-state index contributed by atoms with van der Waals surface area (Å²) in [5.41, 5.74) is 6.74. The molecule has 12 aromatic carbocycles. The third kappa shape index (κ3) is 7.29. The van der Waals surface area contributed by atoms with Crippen molar-refractivity contribution in [1.29, 1.82) is 0 Å². The van der Waals surface area contributed by atoms with Crippen molar-refractivity contribution in [1.82, 2.24) is 0 Å². The molecule has 0 radical (unpaired) electrons. The van der Waals surface area contributed by atoms with Gasteiger partial charge in [0.05, 0.1) is 22.4 Å². The van der Waals surface area contributed by atoms with Gasteiger partial charge in [-0.1, -0.05) is 223 Å². The zero-order valence-corrected chi connectivity index (χ0v) is 43.1. The Labute approximate surface area is 431 Å². The van der Waals surface area contributed by atoms with Crippen LogP contribution in [-0.4, -0.2) is 0 Å². The van der Waals surface area contributed by atoms with Crippen LogP contribution < -0.4 is 4.90 Å². The fraction of sp³-hybridized carbons (Fsp3) is 0.143. The third-order valence-electron chi connectivity index (χ3n) is 15.1. The summed E-state index contributed by atoms with van der Waals surface area (Å²) in [5.74, 6) is -2.87. The molecular formula is C70H56F3N. The number of nitrogens with zero attached hydrogens (tertiary/aromatic N) is 1. The van der Waals surface area contributed by atoms with Gasteiger partial charge in [0, 0.05) is 38.8 Å². The lowest BCUT2D eigenvalue weighted by Gasteiger charge is -2.30. The predicted molar refractivity (Wildman–Crippen MR) is 309 cm³/mol. The largest absolute Gasteiger partial charge is 0.309 e. The third-order valence-corrected chi connectivity index (χ3v) is 15.1. The summed E-state index contributed by atoms with van der Waals surface area (Å²) >= 11 is 0. The Bertz CT molecular complexity index is 3870. The van der Waals surface area contributed by atoms with E-state index in [1.807, 2.05) is 146 Å². The first-order chi connectivity index (χ1) is 35.6. The summed E-state index contributed by atoms with van der Waals surface area (Å²) in [5, 5.41) is 9.11. The highest BCUT2D eigenvalue weighted by Gasteiger charge is 2.36. The molecular weight excluding hydrogens is 912 g/mol. The summed E-state index contributed by atoms with van der Waals surface area (Å²) < 4.78 is 58.4. The van der Waals surface area contributed by atoms with Crippen LogP contribution in [0.2, 0.25) is 0 Å². The molecule has 4 heteroatoms. The number of benzene rings is 12. The van der Waals surface area contributed by atoms with Crippen molar-refractivity contribution >= 4 is 81.7 Å². The summed E-state index contributed by atoms with van der Waals surface area (Å²) in [6, 6.07) is 64.3. The number of halogens is 3. The van der Waals surface area contributed by atoms with Crippen molar-refractivity contribution in [3.05, 3.63) is 234 Å². The summed E-state index contributed by atoms with van der Waals surface area (Å²) in [6.07, 6.45) is 0. The van der Waals surface area contributed by atoms with Gasteiger partial charge < -0.3 is 4.90 Å². The maximum Gasteiger partial charge on any atom is 0.144 e. The lowest BCUT2D eigenvalue weighted by Crippen LogP contribution is -2.14. The van der Waals surface area contributed by atoms with Crippen LogP contribution in [0.1, 0.15) is 63.8 Å². The number of rotatable bonds is 6. The molecule has 0 heterocycles. The minimum absolute atomic E-state index is 0.268. The fourth-order valence-corrected chi connectivity index (χ4v) is 12.1. The molecule has 0 unspecified atom stereocenters. The van der Waals surface area contributed by atoms with Gasteiger partial charge in [-0.15, -0.1) is 0 Å². The summed E-state index contributed by atoms with van der Waals surface area (Å²) in [4.78, 5) is 2.24. The van der Waals surface area contributed by atoms with E-state index in [0.29, 0.717) is 49.0 Å². The zero-order valence-electron chi connectivity index (χ0n) is 43.1. The lowest BCUT2D eigenvalue weighted by atomic mass is 9.76. The first kappa shape index (κ1) is 46.8. The van der Waals surface area contributed by atoms with Crippen LogP contribution >= 0.6 is 0 Å². The number of hydrogen-bond acceptors (Lipinski definition) is 1. The smallest absolute Gasteiger partial charge is 0.144 e. The number of fused-ring (bicyclic) bond motifs is 6. The number of anilines is 3. The average molecular weight is 968 g/mol. The molecule has 1 nitrogen and oxygen atoms in total. The second-order valence-electron chi connectivity index (χ2n) is 22.1. The first-order valence-electron chi connectivity index (χ1n) is 25.6. The van der Waals surface area contributed by atoms with Crippen LogP contribution in [0.3, 0.4) is 0 Å². The normalized spacial score (nSPS) is 12.3. The molecule has 0 N–H and O–H groups in total. The van der Waals surface area contributed by atoms with Gasteiger partial charge >= 0.3 is 0 Å². The molecule has 74 heavy (non-hydrogen) atoms. The van der Waals surface area contributed by atoms with E-state index >= 15 is 13.2 Å². The van der Waals surface area contributed by atoms with E-state index in [9.17, 15) is 0 Å². The van der Waals surface area contributed by atoms with Crippen LogP contribution in [0.25, 0.3) is 98.0 Å².